The molecular formula is C17H17N5O. The number of benzene rings is 1. The fraction of sp³-hybridized carbons (Fsp3) is 0.118. The Labute approximate surface area is 134 Å². The van der Waals surface area contributed by atoms with Crippen molar-refractivity contribution in [1.82, 2.24) is 15.0 Å². The number of ether oxygens (including phenoxy) is 1. The van der Waals surface area contributed by atoms with Gasteiger partial charge in [-0.25, -0.2) is 9.97 Å². The number of hydrogen-bond donors (Lipinski definition) is 2. The van der Waals surface area contributed by atoms with Crippen molar-refractivity contribution in [3.05, 3.63) is 60.0 Å². The van der Waals surface area contributed by atoms with Gasteiger partial charge in [0.05, 0.1) is 0 Å². The van der Waals surface area contributed by atoms with Crippen LogP contribution in [0.1, 0.15) is 11.1 Å². The highest BCUT2D eigenvalue weighted by Gasteiger charge is 2.11. The van der Waals surface area contributed by atoms with E-state index in [9.17, 15) is 0 Å². The monoisotopic (exact) mass is 307 g/mol. The van der Waals surface area contributed by atoms with Gasteiger partial charge < -0.3 is 15.8 Å². The van der Waals surface area contributed by atoms with E-state index in [2.05, 4.69) is 20.3 Å². The second-order valence-electron chi connectivity index (χ2n) is 5.20. The van der Waals surface area contributed by atoms with Gasteiger partial charge in [-0.15, -0.1) is 0 Å². The number of nitrogens with two attached hydrogens (primary N) is 1. The number of nitrogens with zero attached hydrogens (tertiary/aromatic N) is 3. The van der Waals surface area contributed by atoms with Gasteiger partial charge in [0.25, 0.3) is 0 Å². The molecule has 0 atom stereocenters. The topological polar surface area (TPSA) is 86.0 Å². The van der Waals surface area contributed by atoms with Crippen LogP contribution < -0.4 is 15.8 Å². The Hall–Kier alpha value is -3.15. The highest BCUT2D eigenvalue weighted by Crippen LogP contribution is 2.30. The molecule has 2 heterocycles. The number of aromatic nitrogens is 3. The van der Waals surface area contributed by atoms with Crippen molar-refractivity contribution >= 4 is 17.3 Å². The van der Waals surface area contributed by atoms with E-state index in [-0.39, 0.29) is 0 Å². The zero-order chi connectivity index (χ0) is 16.2. The van der Waals surface area contributed by atoms with Crippen LogP contribution >= 0.6 is 0 Å². The van der Waals surface area contributed by atoms with Crippen LogP contribution in [0.15, 0.2) is 48.9 Å². The molecule has 3 N–H and O–H groups in total. The third-order valence-electron chi connectivity index (χ3n) is 3.24. The summed E-state index contributed by atoms with van der Waals surface area (Å²) in [6.07, 6.45) is 3.12. The SMILES string of the molecule is Cc1ccc(Oc2ncnc(Nc3cc(C)ccn3)c2N)cc1. The van der Waals surface area contributed by atoms with Crippen molar-refractivity contribution in [3.63, 3.8) is 0 Å². The Morgan fingerprint density at radius 1 is 0.957 bits per heavy atom. The molecule has 0 unspecified atom stereocenters. The third kappa shape index (κ3) is 3.55. The molecule has 0 fully saturated rings. The first-order chi connectivity index (χ1) is 11.1. The molecule has 1 aromatic carbocycles. The Morgan fingerprint density at radius 3 is 2.48 bits per heavy atom. The van der Waals surface area contributed by atoms with Gasteiger partial charge in [-0.1, -0.05) is 17.7 Å². The summed E-state index contributed by atoms with van der Waals surface area (Å²) in [4.78, 5) is 12.5. The molecule has 116 valence electrons. The molecule has 0 saturated heterocycles. The number of anilines is 3. The van der Waals surface area contributed by atoms with Gasteiger partial charge in [0.2, 0.25) is 5.88 Å². The molecule has 0 amide bonds. The maximum Gasteiger partial charge on any atom is 0.248 e. The first-order valence-corrected chi connectivity index (χ1v) is 7.16. The summed E-state index contributed by atoms with van der Waals surface area (Å²) in [5.74, 6) is 2.09. The number of nitrogens with one attached hydrogen (secondary N) is 1. The molecule has 0 aliphatic carbocycles. The highest BCUT2D eigenvalue weighted by molar-refractivity contribution is 5.71. The van der Waals surface area contributed by atoms with Crippen LogP contribution in [0.4, 0.5) is 17.3 Å². The molecule has 3 aromatic rings. The summed E-state index contributed by atoms with van der Waals surface area (Å²) in [5, 5.41) is 3.08. The number of nitrogen functional groups attached to an aromatic ring is 1. The van der Waals surface area contributed by atoms with Crippen LogP contribution in [-0.4, -0.2) is 15.0 Å². The fourth-order valence-corrected chi connectivity index (χ4v) is 2.00. The van der Waals surface area contributed by atoms with Gasteiger partial charge in [0, 0.05) is 6.20 Å². The maximum absolute atomic E-state index is 6.11. The largest absolute Gasteiger partial charge is 0.437 e. The maximum atomic E-state index is 6.11. The molecule has 3 rings (SSSR count). The van der Waals surface area contributed by atoms with Crippen molar-refractivity contribution in [3.8, 4) is 11.6 Å². The van der Waals surface area contributed by atoms with Crippen LogP contribution in [0.3, 0.4) is 0 Å². The molecule has 0 spiro atoms. The predicted molar refractivity (Wildman–Crippen MR) is 90.0 cm³/mol. The zero-order valence-electron chi connectivity index (χ0n) is 12.9. The van der Waals surface area contributed by atoms with Crippen molar-refractivity contribution in [1.29, 1.82) is 0 Å². The smallest absolute Gasteiger partial charge is 0.248 e. The lowest BCUT2D eigenvalue weighted by atomic mass is 10.2. The first kappa shape index (κ1) is 14.8. The predicted octanol–water partition coefficient (Wildman–Crippen LogP) is 3.61. The third-order valence-corrected chi connectivity index (χ3v) is 3.24. The summed E-state index contributed by atoms with van der Waals surface area (Å²) in [6.45, 7) is 4.00. The summed E-state index contributed by atoms with van der Waals surface area (Å²) in [6, 6.07) is 11.5. The Bertz CT molecular complexity index is 817. The van der Waals surface area contributed by atoms with E-state index in [1.807, 2.05) is 50.2 Å². The normalized spacial score (nSPS) is 10.3. The second kappa shape index (κ2) is 6.31. The minimum absolute atomic E-state index is 0.305. The van der Waals surface area contributed by atoms with E-state index in [1.54, 1.807) is 6.20 Å². The summed E-state index contributed by atoms with van der Waals surface area (Å²) < 4.78 is 5.73. The van der Waals surface area contributed by atoms with Gasteiger partial charge in [0.1, 0.15) is 23.6 Å². The number of pyridine rings is 1. The number of hydrogen-bond acceptors (Lipinski definition) is 6. The van der Waals surface area contributed by atoms with Crippen LogP contribution in [-0.2, 0) is 0 Å². The average Bonchev–Trinajstić information content (AvgIpc) is 2.53. The minimum Gasteiger partial charge on any atom is -0.437 e. The van der Waals surface area contributed by atoms with E-state index < -0.39 is 0 Å². The van der Waals surface area contributed by atoms with Crippen LogP contribution in [0, 0.1) is 13.8 Å². The highest BCUT2D eigenvalue weighted by atomic mass is 16.5. The molecule has 0 aliphatic heterocycles. The number of rotatable bonds is 4. The molecule has 0 radical (unpaired) electrons. The minimum atomic E-state index is 0.305. The van der Waals surface area contributed by atoms with E-state index in [1.165, 1.54) is 6.33 Å². The quantitative estimate of drug-likeness (QED) is 0.766. The Morgan fingerprint density at radius 2 is 1.74 bits per heavy atom. The molecule has 6 nitrogen and oxygen atoms in total. The lowest BCUT2D eigenvalue weighted by Crippen LogP contribution is -2.04. The van der Waals surface area contributed by atoms with Gasteiger partial charge in [-0.2, -0.15) is 4.98 Å². The van der Waals surface area contributed by atoms with Crippen LogP contribution in [0.2, 0.25) is 0 Å². The number of aryl methyl sites for hydroxylation is 2. The molecule has 2 aromatic heterocycles. The average molecular weight is 307 g/mol. The fourth-order valence-electron chi connectivity index (χ4n) is 2.00. The van der Waals surface area contributed by atoms with E-state index in [4.69, 9.17) is 10.5 Å². The van der Waals surface area contributed by atoms with Crippen LogP contribution in [0.5, 0.6) is 11.6 Å². The standard InChI is InChI=1S/C17H17N5O/c1-11-3-5-13(6-4-11)23-17-15(18)16(20-10-21-17)22-14-9-12(2)7-8-19-14/h3-10H,18H2,1-2H3,(H,19,20,21,22). The molecule has 23 heavy (non-hydrogen) atoms. The lowest BCUT2D eigenvalue weighted by Gasteiger charge is -2.11. The van der Waals surface area contributed by atoms with Crippen molar-refractivity contribution < 1.29 is 4.74 Å². The molecule has 0 aliphatic rings. The van der Waals surface area contributed by atoms with E-state index >= 15 is 0 Å². The van der Waals surface area contributed by atoms with E-state index in [0.29, 0.717) is 29.0 Å². The molecule has 0 saturated carbocycles. The molecular weight excluding hydrogens is 290 g/mol. The van der Waals surface area contributed by atoms with Gasteiger partial charge in [-0.05, 0) is 43.7 Å². The first-order valence-electron chi connectivity index (χ1n) is 7.16. The van der Waals surface area contributed by atoms with Crippen molar-refractivity contribution in [2.24, 2.45) is 0 Å². The molecule has 0 bridgehead atoms. The summed E-state index contributed by atoms with van der Waals surface area (Å²) in [7, 11) is 0. The second-order valence-corrected chi connectivity index (χ2v) is 5.20. The lowest BCUT2D eigenvalue weighted by molar-refractivity contribution is 0.464. The van der Waals surface area contributed by atoms with Crippen molar-refractivity contribution in [2.75, 3.05) is 11.1 Å². The van der Waals surface area contributed by atoms with Gasteiger partial charge >= 0.3 is 0 Å². The van der Waals surface area contributed by atoms with Crippen molar-refractivity contribution in [2.45, 2.75) is 13.8 Å². The van der Waals surface area contributed by atoms with E-state index in [0.717, 1.165) is 11.1 Å². The Balaban J connectivity index is 1.84. The molecule has 6 heteroatoms. The van der Waals surface area contributed by atoms with Crippen LogP contribution in [0.25, 0.3) is 0 Å². The van der Waals surface area contributed by atoms with Gasteiger partial charge in [-0.3, -0.25) is 0 Å². The van der Waals surface area contributed by atoms with Gasteiger partial charge in [0.15, 0.2) is 5.82 Å². The summed E-state index contributed by atoms with van der Waals surface area (Å²) in [5.41, 5.74) is 8.68. The Kier molecular flexibility index (Phi) is 4.05. The summed E-state index contributed by atoms with van der Waals surface area (Å²) >= 11 is 0. The zero-order valence-corrected chi connectivity index (χ0v) is 12.9.